The Morgan fingerprint density at radius 3 is 3.08 bits per heavy atom. The lowest BCUT2D eigenvalue weighted by molar-refractivity contribution is 0.714. The molecule has 0 aromatic carbocycles. The lowest BCUT2D eigenvalue weighted by Gasteiger charge is -2.17. The maximum absolute atomic E-state index is 4.06. The van der Waals surface area contributed by atoms with Gasteiger partial charge in [-0.25, -0.2) is 4.99 Å². The van der Waals surface area contributed by atoms with Gasteiger partial charge in [0.15, 0.2) is 0 Å². The molecular weight excluding hydrogens is 160 g/mol. The molecule has 2 nitrogen and oxygen atoms in total. The largest absolute Gasteiger partial charge is 0.308 e. The highest BCUT2D eigenvalue weighted by Gasteiger charge is 2.01. The minimum absolute atomic E-state index is 1.11. The van der Waals surface area contributed by atoms with E-state index in [0.717, 1.165) is 6.42 Å². The van der Waals surface area contributed by atoms with E-state index in [1.54, 1.807) is 0 Å². The SMILES string of the molecule is C/C=C\N1C=NC=C/C1=C\CCC. The summed E-state index contributed by atoms with van der Waals surface area (Å²) in [4.78, 5) is 6.09. The molecule has 0 saturated carbocycles. The molecule has 1 aliphatic heterocycles. The minimum atomic E-state index is 1.11. The van der Waals surface area contributed by atoms with Crippen LogP contribution in [0.2, 0.25) is 0 Å². The lowest BCUT2D eigenvalue weighted by atomic mass is 10.2. The molecule has 0 spiro atoms. The van der Waals surface area contributed by atoms with Crippen LogP contribution in [-0.4, -0.2) is 11.2 Å². The fourth-order valence-electron chi connectivity index (χ4n) is 1.13. The first-order valence-corrected chi connectivity index (χ1v) is 4.69. The van der Waals surface area contributed by atoms with Crippen molar-refractivity contribution in [1.82, 2.24) is 4.90 Å². The number of nitrogens with zero attached hydrogens (tertiary/aromatic N) is 2. The molecule has 0 unspecified atom stereocenters. The molecule has 0 N–H and O–H groups in total. The van der Waals surface area contributed by atoms with Gasteiger partial charge >= 0.3 is 0 Å². The summed E-state index contributed by atoms with van der Waals surface area (Å²) in [5, 5.41) is 0. The van der Waals surface area contributed by atoms with Crippen LogP contribution in [0.25, 0.3) is 0 Å². The Kier molecular flexibility index (Phi) is 4.03. The van der Waals surface area contributed by atoms with Crippen LogP contribution in [0, 0.1) is 0 Å². The third-order valence-corrected chi connectivity index (χ3v) is 1.77. The fraction of sp³-hybridized carbons (Fsp3) is 0.364. The average molecular weight is 176 g/mol. The molecule has 0 saturated heterocycles. The van der Waals surface area contributed by atoms with Gasteiger partial charge in [0.25, 0.3) is 0 Å². The summed E-state index contributed by atoms with van der Waals surface area (Å²) in [5.41, 5.74) is 1.20. The molecule has 0 atom stereocenters. The van der Waals surface area contributed by atoms with E-state index in [0.29, 0.717) is 0 Å². The normalized spacial score (nSPS) is 19.2. The molecule has 0 bridgehead atoms. The summed E-state index contributed by atoms with van der Waals surface area (Å²) in [7, 11) is 0. The fourth-order valence-corrected chi connectivity index (χ4v) is 1.13. The van der Waals surface area contributed by atoms with Crippen molar-refractivity contribution >= 4 is 6.34 Å². The number of unbranched alkanes of at least 4 members (excludes halogenated alkanes) is 1. The third kappa shape index (κ3) is 2.90. The van der Waals surface area contributed by atoms with Crippen molar-refractivity contribution < 1.29 is 0 Å². The molecule has 1 heterocycles. The van der Waals surface area contributed by atoms with Crippen molar-refractivity contribution in [2.45, 2.75) is 26.7 Å². The number of allylic oxidation sites excluding steroid dienone is 3. The molecule has 0 amide bonds. The Hall–Kier alpha value is -1.31. The molecule has 13 heavy (non-hydrogen) atoms. The van der Waals surface area contributed by atoms with E-state index in [1.165, 1.54) is 12.1 Å². The van der Waals surface area contributed by atoms with E-state index >= 15 is 0 Å². The molecule has 1 aliphatic rings. The summed E-state index contributed by atoms with van der Waals surface area (Å²) in [6.45, 7) is 4.18. The quantitative estimate of drug-likeness (QED) is 0.645. The average Bonchev–Trinajstić information content (AvgIpc) is 2.17. The monoisotopic (exact) mass is 176 g/mol. The van der Waals surface area contributed by atoms with Gasteiger partial charge in [-0.3, -0.25) is 0 Å². The number of aliphatic imine (C=N–C) groups is 1. The van der Waals surface area contributed by atoms with Gasteiger partial charge in [0.1, 0.15) is 0 Å². The highest BCUT2D eigenvalue weighted by molar-refractivity contribution is 5.63. The minimum Gasteiger partial charge on any atom is -0.308 e. The van der Waals surface area contributed by atoms with E-state index < -0.39 is 0 Å². The Labute approximate surface area is 80.0 Å². The molecular formula is C11H16N2. The second-order valence-electron chi connectivity index (χ2n) is 2.89. The van der Waals surface area contributed by atoms with Crippen LogP contribution in [0.4, 0.5) is 0 Å². The van der Waals surface area contributed by atoms with Gasteiger partial charge in [-0.2, -0.15) is 0 Å². The van der Waals surface area contributed by atoms with Crippen LogP contribution < -0.4 is 0 Å². The summed E-state index contributed by atoms with van der Waals surface area (Å²) in [5.74, 6) is 0. The molecule has 0 aromatic heterocycles. The first-order valence-electron chi connectivity index (χ1n) is 4.69. The third-order valence-electron chi connectivity index (χ3n) is 1.77. The Morgan fingerprint density at radius 1 is 1.54 bits per heavy atom. The van der Waals surface area contributed by atoms with E-state index in [-0.39, 0.29) is 0 Å². The number of hydrogen-bond donors (Lipinski definition) is 0. The highest BCUT2D eigenvalue weighted by atomic mass is 15.1. The van der Waals surface area contributed by atoms with E-state index in [1.807, 2.05) is 42.7 Å². The first-order chi connectivity index (χ1) is 6.38. The van der Waals surface area contributed by atoms with Crippen molar-refractivity contribution in [2.75, 3.05) is 0 Å². The predicted octanol–water partition coefficient (Wildman–Crippen LogP) is 3.06. The zero-order valence-electron chi connectivity index (χ0n) is 8.27. The predicted molar refractivity (Wildman–Crippen MR) is 57.3 cm³/mol. The topological polar surface area (TPSA) is 15.6 Å². The van der Waals surface area contributed by atoms with Crippen molar-refractivity contribution in [1.29, 1.82) is 0 Å². The Balaban J connectivity index is 2.70. The van der Waals surface area contributed by atoms with Crippen molar-refractivity contribution in [3.8, 4) is 0 Å². The number of hydrogen-bond acceptors (Lipinski definition) is 2. The van der Waals surface area contributed by atoms with Crippen molar-refractivity contribution in [2.24, 2.45) is 4.99 Å². The molecule has 2 heteroatoms. The Bertz CT molecular complexity index is 259. The molecule has 70 valence electrons. The van der Waals surface area contributed by atoms with Gasteiger partial charge < -0.3 is 4.90 Å². The summed E-state index contributed by atoms with van der Waals surface area (Å²) in [6.07, 6.45) is 14.2. The van der Waals surface area contributed by atoms with Crippen molar-refractivity contribution in [3.05, 3.63) is 36.3 Å². The van der Waals surface area contributed by atoms with Gasteiger partial charge in [-0.1, -0.05) is 25.5 Å². The maximum atomic E-state index is 4.06. The van der Waals surface area contributed by atoms with Gasteiger partial charge in [0.2, 0.25) is 0 Å². The number of rotatable bonds is 3. The van der Waals surface area contributed by atoms with Crippen LogP contribution in [0.15, 0.2) is 41.3 Å². The molecule has 1 rings (SSSR count). The van der Waals surface area contributed by atoms with E-state index in [9.17, 15) is 0 Å². The first kappa shape index (κ1) is 9.78. The van der Waals surface area contributed by atoms with Gasteiger partial charge in [0.05, 0.1) is 6.34 Å². The van der Waals surface area contributed by atoms with Crippen LogP contribution in [0.3, 0.4) is 0 Å². The maximum Gasteiger partial charge on any atom is 0.0990 e. The standard InChI is InChI=1S/C11H16N2/c1-3-5-6-11-7-8-12-10-13(11)9-4-2/h4,6-10H,3,5H2,1-2H3/b9-4-,11-6+. The van der Waals surface area contributed by atoms with Gasteiger partial charge in [0, 0.05) is 18.1 Å². The summed E-state index contributed by atoms with van der Waals surface area (Å²) in [6, 6.07) is 0. The van der Waals surface area contributed by atoms with Gasteiger partial charge in [-0.05, 0) is 19.4 Å². The van der Waals surface area contributed by atoms with Crippen molar-refractivity contribution in [3.63, 3.8) is 0 Å². The Morgan fingerprint density at radius 2 is 2.38 bits per heavy atom. The molecule has 0 fully saturated rings. The molecule has 0 aromatic rings. The van der Waals surface area contributed by atoms with E-state index in [2.05, 4.69) is 18.0 Å². The van der Waals surface area contributed by atoms with Gasteiger partial charge in [-0.15, -0.1) is 0 Å². The van der Waals surface area contributed by atoms with Crippen LogP contribution in [0.5, 0.6) is 0 Å². The molecule has 0 radical (unpaired) electrons. The zero-order chi connectivity index (χ0) is 9.52. The summed E-state index contributed by atoms with van der Waals surface area (Å²) >= 11 is 0. The van der Waals surface area contributed by atoms with Crippen LogP contribution >= 0.6 is 0 Å². The second kappa shape index (κ2) is 5.36. The summed E-state index contributed by atoms with van der Waals surface area (Å²) < 4.78 is 0. The zero-order valence-corrected chi connectivity index (χ0v) is 8.27. The van der Waals surface area contributed by atoms with Crippen LogP contribution in [-0.2, 0) is 0 Å². The highest BCUT2D eigenvalue weighted by Crippen LogP contribution is 2.10. The second-order valence-corrected chi connectivity index (χ2v) is 2.89. The molecule has 0 aliphatic carbocycles. The van der Waals surface area contributed by atoms with E-state index in [4.69, 9.17) is 0 Å². The van der Waals surface area contributed by atoms with Crippen LogP contribution in [0.1, 0.15) is 26.7 Å². The lowest BCUT2D eigenvalue weighted by Crippen LogP contribution is -2.14. The smallest absolute Gasteiger partial charge is 0.0990 e.